The standard InChI is InChI=1S/C15H30N2O/c1-5-11(2)14-10-17(9-12(3)18-4)15(8-16-14)13-6-7-13/h11-16H,5-10H2,1-4H3. The first-order valence-corrected chi connectivity index (χ1v) is 7.65. The minimum atomic E-state index is 0.349. The molecule has 2 fully saturated rings. The fraction of sp³-hybridized carbons (Fsp3) is 1.00. The summed E-state index contributed by atoms with van der Waals surface area (Å²) in [5, 5.41) is 3.78. The summed E-state index contributed by atoms with van der Waals surface area (Å²) in [6.45, 7) is 10.3. The zero-order valence-electron chi connectivity index (χ0n) is 12.5. The minimum absolute atomic E-state index is 0.349. The van der Waals surface area contributed by atoms with Crippen molar-refractivity contribution in [3.63, 3.8) is 0 Å². The SMILES string of the molecule is CCC(C)C1CN(CC(C)OC)C(C2CC2)CN1. The lowest BCUT2D eigenvalue weighted by Crippen LogP contribution is -2.60. The number of nitrogens with one attached hydrogen (secondary N) is 1. The van der Waals surface area contributed by atoms with E-state index in [4.69, 9.17) is 4.74 Å². The van der Waals surface area contributed by atoms with Gasteiger partial charge in [0.15, 0.2) is 0 Å². The zero-order valence-corrected chi connectivity index (χ0v) is 12.5. The number of nitrogens with zero attached hydrogens (tertiary/aromatic N) is 1. The van der Waals surface area contributed by atoms with Gasteiger partial charge in [0.05, 0.1) is 6.10 Å². The van der Waals surface area contributed by atoms with Crippen LogP contribution in [-0.2, 0) is 4.74 Å². The minimum Gasteiger partial charge on any atom is -0.380 e. The Kier molecular flexibility index (Phi) is 5.05. The smallest absolute Gasteiger partial charge is 0.0670 e. The summed E-state index contributed by atoms with van der Waals surface area (Å²) in [7, 11) is 1.82. The molecule has 0 spiro atoms. The zero-order chi connectivity index (χ0) is 13.1. The van der Waals surface area contributed by atoms with Gasteiger partial charge in [-0.1, -0.05) is 20.3 Å². The first-order chi connectivity index (χ1) is 8.65. The van der Waals surface area contributed by atoms with Gasteiger partial charge in [0.2, 0.25) is 0 Å². The molecule has 4 unspecified atom stereocenters. The Bertz CT molecular complexity index is 255. The van der Waals surface area contributed by atoms with Crippen molar-refractivity contribution in [2.24, 2.45) is 11.8 Å². The second-order valence-corrected chi connectivity index (χ2v) is 6.31. The van der Waals surface area contributed by atoms with Gasteiger partial charge >= 0.3 is 0 Å². The lowest BCUT2D eigenvalue weighted by molar-refractivity contribution is 0.0285. The van der Waals surface area contributed by atoms with E-state index in [1.165, 1.54) is 32.4 Å². The Hall–Kier alpha value is -0.120. The molecule has 3 nitrogen and oxygen atoms in total. The van der Waals surface area contributed by atoms with E-state index in [1.807, 2.05) is 7.11 Å². The van der Waals surface area contributed by atoms with E-state index >= 15 is 0 Å². The predicted octanol–water partition coefficient (Wildman–Crippen LogP) is 2.12. The molecule has 1 N–H and O–H groups in total. The summed E-state index contributed by atoms with van der Waals surface area (Å²) in [6.07, 6.45) is 4.47. The average Bonchev–Trinajstić information content (AvgIpc) is 3.21. The quantitative estimate of drug-likeness (QED) is 0.786. The highest BCUT2D eigenvalue weighted by molar-refractivity contribution is 4.96. The molecule has 4 atom stereocenters. The summed E-state index contributed by atoms with van der Waals surface area (Å²) in [5.41, 5.74) is 0. The molecular formula is C15H30N2O. The van der Waals surface area contributed by atoms with Crippen molar-refractivity contribution in [2.75, 3.05) is 26.7 Å². The molecule has 2 rings (SSSR count). The fourth-order valence-electron chi connectivity index (χ4n) is 3.08. The molecule has 0 aromatic heterocycles. The summed E-state index contributed by atoms with van der Waals surface area (Å²) in [5.74, 6) is 1.71. The van der Waals surface area contributed by atoms with E-state index in [9.17, 15) is 0 Å². The molecule has 1 heterocycles. The van der Waals surface area contributed by atoms with Crippen LogP contribution in [0.15, 0.2) is 0 Å². The van der Waals surface area contributed by atoms with Gasteiger partial charge in [0, 0.05) is 38.8 Å². The van der Waals surface area contributed by atoms with Crippen LogP contribution in [0.3, 0.4) is 0 Å². The predicted molar refractivity (Wildman–Crippen MR) is 75.8 cm³/mol. The van der Waals surface area contributed by atoms with Gasteiger partial charge in [-0.15, -0.1) is 0 Å². The van der Waals surface area contributed by atoms with E-state index in [1.54, 1.807) is 0 Å². The van der Waals surface area contributed by atoms with Gasteiger partial charge in [0.1, 0.15) is 0 Å². The Labute approximate surface area is 112 Å². The number of hydrogen-bond acceptors (Lipinski definition) is 3. The van der Waals surface area contributed by atoms with E-state index in [0.29, 0.717) is 12.1 Å². The molecule has 2 aliphatic rings. The highest BCUT2D eigenvalue weighted by atomic mass is 16.5. The number of ether oxygens (including phenoxy) is 1. The maximum Gasteiger partial charge on any atom is 0.0670 e. The van der Waals surface area contributed by atoms with Crippen molar-refractivity contribution >= 4 is 0 Å². The van der Waals surface area contributed by atoms with Crippen LogP contribution in [0.2, 0.25) is 0 Å². The molecule has 1 saturated carbocycles. The van der Waals surface area contributed by atoms with Crippen molar-refractivity contribution in [1.29, 1.82) is 0 Å². The molecule has 0 bridgehead atoms. The summed E-state index contributed by atoms with van der Waals surface area (Å²) in [4.78, 5) is 2.69. The number of methoxy groups -OCH3 is 1. The van der Waals surface area contributed by atoms with Crippen LogP contribution in [0.25, 0.3) is 0 Å². The fourth-order valence-corrected chi connectivity index (χ4v) is 3.08. The van der Waals surface area contributed by atoms with E-state index in [2.05, 4.69) is 31.0 Å². The van der Waals surface area contributed by atoms with Gasteiger partial charge in [0.25, 0.3) is 0 Å². The maximum absolute atomic E-state index is 5.46. The number of rotatable bonds is 6. The Morgan fingerprint density at radius 3 is 2.61 bits per heavy atom. The van der Waals surface area contributed by atoms with E-state index in [-0.39, 0.29) is 0 Å². The molecule has 0 radical (unpaired) electrons. The van der Waals surface area contributed by atoms with E-state index in [0.717, 1.165) is 24.4 Å². The van der Waals surface area contributed by atoms with Gasteiger partial charge in [-0.2, -0.15) is 0 Å². The summed E-state index contributed by atoms with van der Waals surface area (Å²) in [6, 6.07) is 1.41. The van der Waals surface area contributed by atoms with Crippen molar-refractivity contribution < 1.29 is 4.74 Å². The maximum atomic E-state index is 5.46. The van der Waals surface area contributed by atoms with Crippen molar-refractivity contribution in [1.82, 2.24) is 10.2 Å². The topological polar surface area (TPSA) is 24.5 Å². The molecular weight excluding hydrogens is 224 g/mol. The monoisotopic (exact) mass is 254 g/mol. The first-order valence-electron chi connectivity index (χ1n) is 7.65. The second kappa shape index (κ2) is 6.36. The van der Waals surface area contributed by atoms with Gasteiger partial charge in [-0.25, -0.2) is 0 Å². The van der Waals surface area contributed by atoms with Crippen molar-refractivity contribution in [2.45, 2.75) is 58.2 Å². The molecule has 0 aromatic rings. The third kappa shape index (κ3) is 3.46. The van der Waals surface area contributed by atoms with Crippen LogP contribution < -0.4 is 5.32 Å². The molecule has 1 aliphatic carbocycles. The molecule has 0 aromatic carbocycles. The average molecular weight is 254 g/mol. The van der Waals surface area contributed by atoms with Crippen molar-refractivity contribution in [3.05, 3.63) is 0 Å². The van der Waals surface area contributed by atoms with Crippen LogP contribution in [0.4, 0.5) is 0 Å². The summed E-state index contributed by atoms with van der Waals surface area (Å²) < 4.78 is 5.46. The summed E-state index contributed by atoms with van der Waals surface area (Å²) >= 11 is 0. The lowest BCUT2D eigenvalue weighted by atomic mass is 9.94. The number of piperazine rings is 1. The van der Waals surface area contributed by atoms with Crippen LogP contribution in [0.1, 0.15) is 40.0 Å². The normalized spacial score (nSPS) is 33.3. The third-order valence-corrected chi connectivity index (χ3v) is 4.88. The number of hydrogen-bond donors (Lipinski definition) is 1. The Balaban J connectivity index is 1.94. The molecule has 18 heavy (non-hydrogen) atoms. The van der Waals surface area contributed by atoms with Gasteiger partial charge in [-0.3, -0.25) is 4.90 Å². The van der Waals surface area contributed by atoms with Crippen LogP contribution in [0.5, 0.6) is 0 Å². The van der Waals surface area contributed by atoms with Gasteiger partial charge in [-0.05, 0) is 31.6 Å². The van der Waals surface area contributed by atoms with Crippen molar-refractivity contribution in [3.8, 4) is 0 Å². The second-order valence-electron chi connectivity index (χ2n) is 6.31. The molecule has 1 aliphatic heterocycles. The molecule has 1 saturated heterocycles. The Morgan fingerprint density at radius 1 is 1.33 bits per heavy atom. The first kappa shape index (κ1) is 14.3. The third-order valence-electron chi connectivity index (χ3n) is 4.88. The lowest BCUT2D eigenvalue weighted by Gasteiger charge is -2.43. The van der Waals surface area contributed by atoms with Gasteiger partial charge < -0.3 is 10.1 Å². The molecule has 0 amide bonds. The van der Waals surface area contributed by atoms with Crippen LogP contribution in [-0.4, -0.2) is 49.8 Å². The van der Waals surface area contributed by atoms with Crippen LogP contribution in [0, 0.1) is 11.8 Å². The highest BCUT2D eigenvalue weighted by Crippen LogP contribution is 2.36. The molecule has 3 heteroatoms. The Morgan fingerprint density at radius 2 is 2.06 bits per heavy atom. The highest BCUT2D eigenvalue weighted by Gasteiger charge is 2.39. The van der Waals surface area contributed by atoms with E-state index < -0.39 is 0 Å². The van der Waals surface area contributed by atoms with Crippen LogP contribution >= 0.6 is 0 Å². The molecule has 106 valence electrons. The largest absolute Gasteiger partial charge is 0.380 e.